The number of aryl methyl sites for hydroxylation is 1. The molecule has 13 nitrogen and oxygen atoms in total. The Labute approximate surface area is 226 Å². The van der Waals surface area contributed by atoms with Crippen LogP contribution in [0.5, 0.6) is 11.8 Å². The minimum absolute atomic E-state index is 0.0367. The van der Waals surface area contributed by atoms with Crippen molar-refractivity contribution >= 4 is 17.7 Å². The number of ether oxygens (including phenoxy) is 2. The molecule has 204 valence electrons. The molecule has 1 aliphatic heterocycles. The summed E-state index contributed by atoms with van der Waals surface area (Å²) in [6.45, 7) is 9.98. The van der Waals surface area contributed by atoms with Gasteiger partial charge in [0, 0.05) is 56.6 Å². The second-order valence-electron chi connectivity index (χ2n) is 9.88. The molecule has 5 rings (SSSR count). The summed E-state index contributed by atoms with van der Waals surface area (Å²) in [7, 11) is 1.87. The molecule has 13 heteroatoms. The van der Waals surface area contributed by atoms with Gasteiger partial charge in [-0.3, -0.25) is 9.48 Å². The van der Waals surface area contributed by atoms with Crippen molar-refractivity contribution in [2.45, 2.75) is 32.2 Å². The van der Waals surface area contributed by atoms with Crippen molar-refractivity contribution in [3.05, 3.63) is 35.3 Å². The zero-order chi connectivity index (χ0) is 27.4. The highest BCUT2D eigenvalue weighted by atomic mass is 16.5. The van der Waals surface area contributed by atoms with Crippen molar-refractivity contribution in [1.82, 2.24) is 35.0 Å². The number of rotatable bonds is 10. The number of nitrogens with two attached hydrogens (primary N) is 1. The number of nitrogen functional groups attached to an aromatic ring is 1. The Morgan fingerprint density at radius 1 is 1.18 bits per heavy atom. The maximum absolute atomic E-state index is 12.5. The highest BCUT2D eigenvalue weighted by Gasteiger charge is 2.47. The molecular weight excluding hydrogens is 500 g/mol. The molecule has 3 aromatic heterocycles. The molecule has 2 fully saturated rings. The summed E-state index contributed by atoms with van der Waals surface area (Å²) in [5.74, 6) is 1.57. The number of hydrogen-bond donors (Lipinski definition) is 2. The number of aromatic nitrogens is 6. The normalized spacial score (nSPS) is 18.8. The Hall–Kier alpha value is -4.47. The molecule has 3 aromatic rings. The molecule has 2 atom stereocenters. The lowest BCUT2D eigenvalue weighted by Crippen LogP contribution is -2.37. The van der Waals surface area contributed by atoms with Gasteiger partial charge in [-0.15, -0.1) is 0 Å². The summed E-state index contributed by atoms with van der Waals surface area (Å²) in [4.78, 5) is 35.8. The molecule has 3 N–H and O–H groups in total. The molecule has 0 bridgehead atoms. The minimum atomic E-state index is -0.366. The molecule has 0 aromatic carbocycles. The van der Waals surface area contributed by atoms with E-state index in [0.717, 1.165) is 30.4 Å². The van der Waals surface area contributed by atoms with Crippen LogP contribution < -0.4 is 25.4 Å². The fraction of sp³-hybridized carbons (Fsp3) is 0.500. The summed E-state index contributed by atoms with van der Waals surface area (Å²) in [5.41, 5.74) is 7.92. The fourth-order valence-electron chi connectivity index (χ4n) is 4.47. The van der Waals surface area contributed by atoms with E-state index in [4.69, 9.17) is 21.8 Å². The van der Waals surface area contributed by atoms with Crippen molar-refractivity contribution in [2.75, 3.05) is 43.5 Å². The van der Waals surface area contributed by atoms with Gasteiger partial charge in [0.1, 0.15) is 6.61 Å². The first kappa shape index (κ1) is 26.1. The van der Waals surface area contributed by atoms with Crippen molar-refractivity contribution < 1.29 is 14.3 Å². The zero-order valence-corrected chi connectivity index (χ0v) is 22.2. The van der Waals surface area contributed by atoms with Gasteiger partial charge in [-0.25, -0.2) is 4.98 Å². The van der Waals surface area contributed by atoms with Crippen LogP contribution in [0.2, 0.25) is 0 Å². The average molecular weight is 534 g/mol. The molecular formula is C26H33N10O3+. The Balaban J connectivity index is 1.20. The van der Waals surface area contributed by atoms with Gasteiger partial charge in [-0.05, 0) is 31.7 Å². The maximum Gasteiger partial charge on any atom is 0.321 e. The van der Waals surface area contributed by atoms with E-state index in [2.05, 4.69) is 35.2 Å². The lowest BCUT2D eigenvalue weighted by molar-refractivity contribution is 0.0943. The van der Waals surface area contributed by atoms with Crippen molar-refractivity contribution in [3.8, 4) is 29.5 Å². The van der Waals surface area contributed by atoms with E-state index in [-0.39, 0.29) is 29.7 Å². The third-order valence-corrected chi connectivity index (χ3v) is 6.94. The van der Waals surface area contributed by atoms with E-state index in [1.807, 2.05) is 31.1 Å². The van der Waals surface area contributed by atoms with Gasteiger partial charge >= 0.3 is 6.01 Å². The van der Waals surface area contributed by atoms with Gasteiger partial charge in [-0.1, -0.05) is 4.85 Å². The minimum Gasteiger partial charge on any atom is -0.489 e. The van der Waals surface area contributed by atoms with Crippen LogP contribution in [0.15, 0.2) is 24.7 Å². The third-order valence-electron chi connectivity index (χ3n) is 6.94. The molecule has 1 saturated heterocycles. The van der Waals surface area contributed by atoms with Crippen LogP contribution in [-0.2, 0) is 7.05 Å². The quantitative estimate of drug-likeness (QED) is 0.396. The van der Waals surface area contributed by atoms with Crippen molar-refractivity contribution in [1.29, 1.82) is 0 Å². The van der Waals surface area contributed by atoms with E-state index in [1.165, 1.54) is 0 Å². The maximum atomic E-state index is 12.5. The van der Waals surface area contributed by atoms with E-state index in [0.29, 0.717) is 56.3 Å². The van der Waals surface area contributed by atoms with Crippen molar-refractivity contribution in [2.24, 2.45) is 18.9 Å². The van der Waals surface area contributed by atoms with Crippen LogP contribution in [0.25, 0.3) is 16.0 Å². The number of hydrogen-bond acceptors (Lipinski definition) is 10. The first-order chi connectivity index (χ1) is 18.9. The number of piperidine rings is 1. The predicted octanol–water partition coefficient (Wildman–Crippen LogP) is 2.02. The Morgan fingerprint density at radius 3 is 2.69 bits per heavy atom. The first-order valence-corrected chi connectivity index (χ1v) is 13.1. The Bertz CT molecular complexity index is 1360. The number of carbonyl (C=O) groups excluding carboxylic acids is 1. The zero-order valence-electron chi connectivity index (χ0n) is 22.2. The second kappa shape index (κ2) is 11.5. The van der Waals surface area contributed by atoms with E-state index < -0.39 is 0 Å². The molecule has 0 unspecified atom stereocenters. The average Bonchev–Trinajstić information content (AvgIpc) is 3.59. The molecule has 0 radical (unpaired) electrons. The van der Waals surface area contributed by atoms with Crippen LogP contribution in [0, 0.1) is 18.4 Å². The third kappa shape index (κ3) is 6.34. The molecule has 1 saturated carbocycles. The molecule has 0 spiro atoms. The van der Waals surface area contributed by atoms with Gasteiger partial charge in [0.2, 0.25) is 11.8 Å². The van der Waals surface area contributed by atoms with E-state index >= 15 is 0 Å². The lowest BCUT2D eigenvalue weighted by atomic mass is 9.98. The molecule has 4 heterocycles. The van der Waals surface area contributed by atoms with Crippen molar-refractivity contribution in [3.63, 3.8) is 0 Å². The highest BCUT2D eigenvalue weighted by molar-refractivity contribution is 5.90. The Morgan fingerprint density at radius 2 is 2.00 bits per heavy atom. The molecule has 39 heavy (non-hydrogen) atoms. The van der Waals surface area contributed by atoms with E-state index in [1.54, 1.807) is 17.1 Å². The summed E-state index contributed by atoms with van der Waals surface area (Å²) in [6, 6.07) is 2.14. The fourth-order valence-corrected chi connectivity index (χ4v) is 4.47. The highest BCUT2D eigenvalue weighted by Crippen LogP contribution is 2.34. The van der Waals surface area contributed by atoms with Gasteiger partial charge in [-0.2, -0.15) is 20.1 Å². The van der Waals surface area contributed by atoms with Crippen LogP contribution >= 0.6 is 0 Å². The van der Waals surface area contributed by atoms with Gasteiger partial charge in [0.15, 0.2) is 11.6 Å². The number of nitrogens with one attached hydrogen (secondary N) is 1. The van der Waals surface area contributed by atoms with Gasteiger partial charge < -0.3 is 25.4 Å². The number of amides is 1. The Kier molecular flexibility index (Phi) is 7.72. The molecule has 1 aliphatic carbocycles. The van der Waals surface area contributed by atoms with E-state index in [9.17, 15) is 4.79 Å². The number of anilines is 2. The molecule has 1 amide bonds. The standard InChI is InChI=1S/C26H32N10O3/c1-4-29-24(37)23-32-25(34-26(33-23)39-15-18-9-20(18)28-2)36-7-5-16(6-8-36)14-38-21-10-17(11-30-22(21)27)19-12-31-35(3)13-19/h2,10-13,16,18,20H,4-9,14-15H2,1,3H3,(H2-,27,29,30,37)/p+1/t18-,20-/m1/s1. The van der Waals surface area contributed by atoms with Crippen LogP contribution in [0.4, 0.5) is 11.8 Å². The van der Waals surface area contributed by atoms with Crippen LogP contribution in [-0.4, -0.2) is 74.5 Å². The second-order valence-corrected chi connectivity index (χ2v) is 9.88. The summed E-state index contributed by atoms with van der Waals surface area (Å²) >= 11 is 0. The first-order valence-electron chi connectivity index (χ1n) is 13.1. The monoisotopic (exact) mass is 533 g/mol. The topological polar surface area (TPSA) is 151 Å². The van der Waals surface area contributed by atoms with Gasteiger partial charge in [0.25, 0.3) is 18.5 Å². The van der Waals surface area contributed by atoms with Gasteiger partial charge in [0.05, 0.1) is 18.7 Å². The van der Waals surface area contributed by atoms with Crippen LogP contribution in [0.3, 0.4) is 0 Å². The summed E-state index contributed by atoms with van der Waals surface area (Å²) in [6.07, 6.45) is 8.00. The largest absolute Gasteiger partial charge is 0.489 e. The summed E-state index contributed by atoms with van der Waals surface area (Å²) < 4.78 is 13.6. The SMILES string of the molecule is C#[N+][C@@H]1C[C@@H]1COc1nc(C(=O)NCC)nc(N2CCC(COc3cc(-c4cnn(C)c4)cnc3N)CC2)n1. The molecule has 2 aliphatic rings. The van der Waals surface area contributed by atoms with Crippen LogP contribution in [0.1, 0.15) is 36.8 Å². The number of nitrogens with zero attached hydrogens (tertiary/aromatic N) is 8. The number of pyridine rings is 1. The number of carbonyl (C=O) groups is 1. The lowest BCUT2D eigenvalue weighted by Gasteiger charge is -2.32. The summed E-state index contributed by atoms with van der Waals surface area (Å²) in [5, 5.41) is 6.95. The smallest absolute Gasteiger partial charge is 0.321 e. The predicted molar refractivity (Wildman–Crippen MR) is 145 cm³/mol.